The largest absolute Gasteiger partial charge is 0.380 e. The van der Waals surface area contributed by atoms with Crippen LogP contribution in [0.5, 0.6) is 0 Å². The molecule has 0 aliphatic carbocycles. The molecule has 1 radical (unpaired) electrons. The lowest BCUT2D eigenvalue weighted by molar-refractivity contribution is 0.136. The molecule has 2 heteroatoms. The second-order valence-electron chi connectivity index (χ2n) is 1.88. The maximum Gasteiger partial charge on any atom is 0.0607 e. The Morgan fingerprint density at radius 1 is 1.22 bits per heavy atom. The van der Waals surface area contributed by atoms with Gasteiger partial charge in [0.1, 0.15) is 0 Å². The standard InChI is InChI=1S/C7H16NO/c1-3-6-9-7-5-8-4-2/h3-7H2,1-2H3. The number of nitrogens with zero attached hydrogens (tertiary/aromatic N) is 1. The fourth-order valence-corrected chi connectivity index (χ4v) is 0.534. The maximum atomic E-state index is 5.19. The van der Waals surface area contributed by atoms with Gasteiger partial charge in [0.05, 0.1) is 6.61 Å². The van der Waals surface area contributed by atoms with Gasteiger partial charge in [-0.25, -0.2) is 5.32 Å². The third-order valence-corrected chi connectivity index (χ3v) is 0.966. The predicted molar refractivity (Wildman–Crippen MR) is 38.7 cm³/mol. The zero-order chi connectivity index (χ0) is 6.95. The zero-order valence-corrected chi connectivity index (χ0v) is 6.39. The van der Waals surface area contributed by atoms with E-state index < -0.39 is 0 Å². The van der Waals surface area contributed by atoms with Gasteiger partial charge in [0.15, 0.2) is 0 Å². The van der Waals surface area contributed by atoms with Crippen LogP contribution in [-0.2, 0) is 4.74 Å². The minimum atomic E-state index is 0.793. The van der Waals surface area contributed by atoms with E-state index in [1.54, 1.807) is 0 Å². The molecule has 0 aromatic carbocycles. The van der Waals surface area contributed by atoms with Crippen LogP contribution in [-0.4, -0.2) is 26.3 Å². The Labute approximate surface area is 57.6 Å². The van der Waals surface area contributed by atoms with Gasteiger partial charge in [-0.3, -0.25) is 0 Å². The van der Waals surface area contributed by atoms with E-state index >= 15 is 0 Å². The van der Waals surface area contributed by atoms with Crippen LogP contribution in [0.3, 0.4) is 0 Å². The minimum Gasteiger partial charge on any atom is -0.380 e. The summed E-state index contributed by atoms with van der Waals surface area (Å²) in [5.74, 6) is 0. The lowest BCUT2D eigenvalue weighted by atomic mass is 10.5. The van der Waals surface area contributed by atoms with Gasteiger partial charge < -0.3 is 4.74 Å². The Hall–Kier alpha value is -0.0800. The van der Waals surface area contributed by atoms with Crippen LogP contribution in [0.15, 0.2) is 0 Å². The average Bonchev–Trinajstić information content (AvgIpc) is 1.89. The van der Waals surface area contributed by atoms with E-state index in [4.69, 9.17) is 4.74 Å². The first kappa shape index (κ1) is 8.92. The SMILES string of the molecule is CCCOCC[N]CC. The molecule has 0 saturated heterocycles. The van der Waals surface area contributed by atoms with Gasteiger partial charge in [-0.15, -0.1) is 0 Å². The molecule has 0 aliphatic heterocycles. The van der Waals surface area contributed by atoms with Gasteiger partial charge in [-0.1, -0.05) is 13.8 Å². The molecule has 0 bridgehead atoms. The van der Waals surface area contributed by atoms with Gasteiger partial charge in [-0.05, 0) is 6.42 Å². The number of likely N-dealkylation sites (N-methyl/N-ethyl adjacent to an activating group) is 1. The van der Waals surface area contributed by atoms with Crippen LogP contribution in [0.4, 0.5) is 0 Å². The molecular weight excluding hydrogens is 114 g/mol. The maximum absolute atomic E-state index is 5.19. The molecule has 0 atom stereocenters. The van der Waals surface area contributed by atoms with Crippen LogP contribution in [0, 0.1) is 0 Å². The van der Waals surface area contributed by atoms with Gasteiger partial charge >= 0.3 is 0 Å². The number of ether oxygens (including phenoxy) is 1. The monoisotopic (exact) mass is 130 g/mol. The van der Waals surface area contributed by atoms with Crippen LogP contribution in [0.25, 0.3) is 0 Å². The van der Waals surface area contributed by atoms with Crippen molar-refractivity contribution in [3.63, 3.8) is 0 Å². The molecule has 0 N–H and O–H groups in total. The summed E-state index contributed by atoms with van der Waals surface area (Å²) in [5.41, 5.74) is 0. The van der Waals surface area contributed by atoms with E-state index in [1.165, 1.54) is 0 Å². The van der Waals surface area contributed by atoms with Crippen molar-refractivity contribution >= 4 is 0 Å². The summed E-state index contributed by atoms with van der Waals surface area (Å²) in [6, 6.07) is 0. The lowest BCUT2D eigenvalue weighted by Crippen LogP contribution is -2.12. The van der Waals surface area contributed by atoms with E-state index in [1.807, 2.05) is 6.92 Å². The fraction of sp³-hybridized carbons (Fsp3) is 1.00. The zero-order valence-electron chi connectivity index (χ0n) is 6.39. The summed E-state index contributed by atoms with van der Waals surface area (Å²) in [7, 11) is 0. The molecule has 9 heavy (non-hydrogen) atoms. The van der Waals surface area contributed by atoms with Crippen molar-refractivity contribution in [2.45, 2.75) is 20.3 Å². The predicted octanol–water partition coefficient (Wildman–Crippen LogP) is 1.04. The molecule has 0 unspecified atom stereocenters. The summed E-state index contributed by atoms with van der Waals surface area (Å²) in [6.45, 7) is 7.59. The summed E-state index contributed by atoms with van der Waals surface area (Å²) in [4.78, 5) is 0. The van der Waals surface area contributed by atoms with E-state index in [-0.39, 0.29) is 0 Å². The average molecular weight is 130 g/mol. The van der Waals surface area contributed by atoms with Gasteiger partial charge in [0.2, 0.25) is 0 Å². The second kappa shape index (κ2) is 7.92. The summed E-state index contributed by atoms with van der Waals surface area (Å²) >= 11 is 0. The van der Waals surface area contributed by atoms with E-state index in [2.05, 4.69) is 12.2 Å². The van der Waals surface area contributed by atoms with Crippen molar-refractivity contribution in [3.8, 4) is 0 Å². The highest BCUT2D eigenvalue weighted by Crippen LogP contribution is 1.78. The van der Waals surface area contributed by atoms with Crippen LogP contribution in [0.1, 0.15) is 20.3 Å². The number of hydrogen-bond donors (Lipinski definition) is 0. The Kier molecular flexibility index (Phi) is 7.85. The highest BCUT2D eigenvalue weighted by atomic mass is 16.5. The molecule has 0 saturated carbocycles. The molecule has 0 aromatic heterocycles. The topological polar surface area (TPSA) is 23.3 Å². The fourth-order valence-electron chi connectivity index (χ4n) is 0.534. The Bertz CT molecular complexity index is 42.2. The molecular formula is C7H16NO. The smallest absolute Gasteiger partial charge is 0.0607 e. The third kappa shape index (κ3) is 7.92. The van der Waals surface area contributed by atoms with Crippen molar-refractivity contribution in [2.24, 2.45) is 0 Å². The van der Waals surface area contributed by atoms with Crippen LogP contribution in [0.2, 0.25) is 0 Å². The van der Waals surface area contributed by atoms with Crippen molar-refractivity contribution < 1.29 is 4.74 Å². The lowest BCUT2D eigenvalue weighted by Gasteiger charge is -1.99. The molecule has 0 fully saturated rings. The van der Waals surface area contributed by atoms with Crippen molar-refractivity contribution in [2.75, 3.05) is 26.3 Å². The van der Waals surface area contributed by atoms with Crippen LogP contribution >= 0.6 is 0 Å². The van der Waals surface area contributed by atoms with Crippen molar-refractivity contribution in [1.82, 2.24) is 5.32 Å². The molecule has 0 heterocycles. The Balaban J connectivity index is 2.60. The van der Waals surface area contributed by atoms with Crippen LogP contribution < -0.4 is 5.32 Å². The summed E-state index contributed by atoms with van der Waals surface area (Å²) in [5, 5.41) is 4.12. The summed E-state index contributed by atoms with van der Waals surface area (Å²) in [6.07, 6.45) is 1.10. The highest BCUT2D eigenvalue weighted by molar-refractivity contribution is 4.38. The Morgan fingerprint density at radius 2 is 2.00 bits per heavy atom. The number of rotatable bonds is 6. The van der Waals surface area contributed by atoms with E-state index in [9.17, 15) is 0 Å². The van der Waals surface area contributed by atoms with E-state index in [0.717, 1.165) is 32.7 Å². The highest BCUT2D eigenvalue weighted by Gasteiger charge is 1.84. The van der Waals surface area contributed by atoms with Gasteiger partial charge in [-0.2, -0.15) is 0 Å². The van der Waals surface area contributed by atoms with Crippen molar-refractivity contribution in [1.29, 1.82) is 0 Å². The van der Waals surface area contributed by atoms with Gasteiger partial charge in [0.25, 0.3) is 0 Å². The third-order valence-electron chi connectivity index (χ3n) is 0.966. The first-order valence-electron chi connectivity index (χ1n) is 3.62. The minimum absolute atomic E-state index is 0.793. The summed E-state index contributed by atoms with van der Waals surface area (Å²) < 4.78 is 5.19. The molecule has 0 rings (SSSR count). The molecule has 55 valence electrons. The first-order chi connectivity index (χ1) is 4.41. The molecule has 2 nitrogen and oxygen atoms in total. The second-order valence-corrected chi connectivity index (χ2v) is 1.88. The molecule has 0 amide bonds. The molecule has 0 aromatic rings. The molecule has 0 spiro atoms. The normalized spacial score (nSPS) is 10.0. The van der Waals surface area contributed by atoms with Crippen molar-refractivity contribution in [3.05, 3.63) is 0 Å². The first-order valence-corrected chi connectivity index (χ1v) is 3.62. The Morgan fingerprint density at radius 3 is 2.56 bits per heavy atom. The molecule has 0 aliphatic rings. The van der Waals surface area contributed by atoms with E-state index in [0.29, 0.717) is 0 Å². The quantitative estimate of drug-likeness (QED) is 0.493. The number of hydrogen-bond acceptors (Lipinski definition) is 1. The van der Waals surface area contributed by atoms with Gasteiger partial charge in [0, 0.05) is 19.7 Å².